The summed E-state index contributed by atoms with van der Waals surface area (Å²) in [6.07, 6.45) is -13.0. The number of ether oxygens (including phenoxy) is 7. The molecule has 262 valence electrons. The Kier molecular flexibility index (Phi) is 9.83. The van der Waals surface area contributed by atoms with Gasteiger partial charge in [-0.3, -0.25) is 9.59 Å². The Hall–Kier alpha value is -4.64. The van der Waals surface area contributed by atoms with Gasteiger partial charge in [0.05, 0.1) is 26.3 Å². The molecular weight excluding hydrogens is 644 g/mol. The van der Waals surface area contributed by atoms with Gasteiger partial charge in [-0.25, -0.2) is 0 Å². The Labute approximate surface area is 280 Å². The summed E-state index contributed by atoms with van der Waals surface area (Å²) in [4.78, 5) is 23.1. The highest BCUT2D eigenvalue weighted by molar-refractivity contribution is 5.90. The molecule has 15 nitrogen and oxygen atoms in total. The van der Waals surface area contributed by atoms with Gasteiger partial charge in [0.25, 0.3) is 0 Å². The zero-order valence-corrected chi connectivity index (χ0v) is 26.6. The lowest BCUT2D eigenvalue weighted by Gasteiger charge is -2.43. The van der Waals surface area contributed by atoms with E-state index in [1.807, 2.05) is 42.5 Å². The van der Waals surface area contributed by atoms with Gasteiger partial charge in [-0.1, -0.05) is 36.4 Å². The molecule has 6 rings (SSSR count). The molecule has 9 atom stereocenters. The molecule has 3 heterocycles. The first-order valence-corrected chi connectivity index (χ1v) is 15.6. The van der Waals surface area contributed by atoms with Crippen LogP contribution in [0, 0.1) is 0 Å². The van der Waals surface area contributed by atoms with Crippen LogP contribution in [0.3, 0.4) is 0 Å². The van der Waals surface area contributed by atoms with Crippen LogP contribution in [0.1, 0.15) is 35.1 Å². The van der Waals surface area contributed by atoms with Crippen molar-refractivity contribution in [3.63, 3.8) is 0 Å². The van der Waals surface area contributed by atoms with Gasteiger partial charge >= 0.3 is 11.9 Å². The zero-order valence-electron chi connectivity index (χ0n) is 26.6. The average molecular weight is 683 g/mol. The number of carbonyl (C=O) groups excluding carboxylic acids is 1. The Morgan fingerprint density at radius 3 is 2.31 bits per heavy atom. The van der Waals surface area contributed by atoms with E-state index < -0.39 is 67.4 Å². The van der Waals surface area contributed by atoms with E-state index in [2.05, 4.69) is 0 Å². The predicted molar refractivity (Wildman–Crippen MR) is 168 cm³/mol. The van der Waals surface area contributed by atoms with Crippen LogP contribution < -0.4 is 35.2 Å². The first kappa shape index (κ1) is 34.2. The van der Waals surface area contributed by atoms with Gasteiger partial charge in [-0.15, -0.1) is 0 Å². The third kappa shape index (κ3) is 6.68. The molecule has 3 aliphatic rings. The van der Waals surface area contributed by atoms with Crippen LogP contribution in [0.25, 0.3) is 0 Å². The number of carboxylic acids is 1. The molecule has 15 heteroatoms. The molecule has 0 spiro atoms. The molecule has 49 heavy (non-hydrogen) atoms. The molecule has 3 aromatic rings. The van der Waals surface area contributed by atoms with Crippen molar-refractivity contribution < 1.29 is 63.2 Å². The van der Waals surface area contributed by atoms with Crippen molar-refractivity contribution in [2.45, 2.75) is 73.9 Å². The molecule has 3 aromatic carbocycles. The summed E-state index contributed by atoms with van der Waals surface area (Å²) in [5, 5.41) is 41.1. The van der Waals surface area contributed by atoms with E-state index in [4.69, 9.17) is 49.7 Å². The summed E-state index contributed by atoms with van der Waals surface area (Å²) in [6.45, 7) is 0. The number of aliphatic hydroxyl groups is 3. The lowest BCUT2D eigenvalue weighted by Crippen LogP contribution is -2.66. The van der Waals surface area contributed by atoms with Crippen molar-refractivity contribution in [1.82, 2.24) is 0 Å². The number of carbonyl (C=O) groups is 2. The number of carboxylic acid groups (broad SMARTS) is 1. The van der Waals surface area contributed by atoms with Gasteiger partial charge in [-0.05, 0) is 23.8 Å². The highest BCUT2D eigenvalue weighted by Gasteiger charge is 2.51. The van der Waals surface area contributed by atoms with E-state index in [0.717, 1.165) is 16.7 Å². The van der Waals surface area contributed by atoms with Crippen molar-refractivity contribution in [3.05, 3.63) is 77.4 Å². The second-order valence-electron chi connectivity index (χ2n) is 12.0. The third-order valence-corrected chi connectivity index (χ3v) is 8.84. The Morgan fingerprint density at radius 2 is 1.63 bits per heavy atom. The third-order valence-electron chi connectivity index (χ3n) is 8.84. The van der Waals surface area contributed by atoms with Gasteiger partial charge in [0.2, 0.25) is 12.0 Å². The number of hydrogen-bond donors (Lipinski definition) is 6. The second-order valence-corrected chi connectivity index (χ2v) is 12.0. The normalized spacial score (nSPS) is 27.4. The summed E-state index contributed by atoms with van der Waals surface area (Å²) in [5.74, 6) is -0.729. The van der Waals surface area contributed by atoms with Crippen LogP contribution >= 0.6 is 0 Å². The fraction of sp³-hybridized carbons (Fsp3) is 0.412. The number of rotatable bonds is 11. The number of hydrogen-bond acceptors (Lipinski definition) is 14. The fourth-order valence-electron chi connectivity index (χ4n) is 6.55. The topological polar surface area (TPSA) is 232 Å². The number of aliphatic hydroxyl groups excluding tert-OH is 3. The predicted octanol–water partition coefficient (Wildman–Crippen LogP) is 0.741. The lowest BCUT2D eigenvalue weighted by molar-refractivity contribution is -0.291. The fourth-order valence-corrected chi connectivity index (χ4v) is 6.55. The summed E-state index contributed by atoms with van der Waals surface area (Å²) in [5.41, 5.74) is 14.2. The zero-order chi connectivity index (χ0) is 35.0. The van der Waals surface area contributed by atoms with E-state index >= 15 is 0 Å². The Bertz CT molecular complexity index is 1670. The van der Waals surface area contributed by atoms with Crippen molar-refractivity contribution in [2.75, 3.05) is 14.2 Å². The SMILES string of the molecule is COc1ccc2c(c1OC)O[C@H]1c3ccc(O[C@@H]4O[C@H]([C@H](OC(=O)CC(=O)O)C(N)N)[C@@H](O)[C@H](O)[C@H]4O)cc3O[C@H](Cc3ccccc3)[C@@H]21. The molecule has 3 aliphatic heterocycles. The molecular formula is C34H38N2O13. The van der Waals surface area contributed by atoms with E-state index in [9.17, 15) is 24.9 Å². The van der Waals surface area contributed by atoms with Crippen molar-refractivity contribution in [1.29, 1.82) is 0 Å². The van der Waals surface area contributed by atoms with Crippen LogP contribution in [0.2, 0.25) is 0 Å². The largest absolute Gasteiger partial charge is 0.493 e. The minimum Gasteiger partial charge on any atom is -0.493 e. The monoisotopic (exact) mass is 682 g/mol. The molecule has 0 radical (unpaired) electrons. The first-order valence-electron chi connectivity index (χ1n) is 15.6. The Morgan fingerprint density at radius 1 is 0.898 bits per heavy atom. The van der Waals surface area contributed by atoms with Crippen molar-refractivity contribution >= 4 is 11.9 Å². The Balaban J connectivity index is 1.29. The van der Waals surface area contributed by atoms with Crippen LogP contribution in [0.4, 0.5) is 0 Å². The maximum Gasteiger partial charge on any atom is 0.317 e. The number of methoxy groups -OCH3 is 2. The smallest absolute Gasteiger partial charge is 0.317 e. The van der Waals surface area contributed by atoms with Gasteiger partial charge in [0.1, 0.15) is 54.5 Å². The summed E-state index contributed by atoms with van der Waals surface area (Å²) >= 11 is 0. The maximum atomic E-state index is 12.1. The highest BCUT2D eigenvalue weighted by Crippen LogP contribution is 2.58. The van der Waals surface area contributed by atoms with Crippen LogP contribution in [-0.2, 0) is 25.5 Å². The van der Waals surface area contributed by atoms with E-state index in [1.165, 1.54) is 0 Å². The molecule has 0 aromatic heterocycles. The number of nitrogens with two attached hydrogens (primary N) is 2. The molecule has 0 saturated carbocycles. The van der Waals surface area contributed by atoms with Gasteiger partial charge < -0.3 is 65.1 Å². The quantitative estimate of drug-likeness (QED) is 0.0930. The number of esters is 1. The first-order chi connectivity index (χ1) is 23.5. The lowest BCUT2D eigenvalue weighted by atomic mass is 9.81. The highest BCUT2D eigenvalue weighted by atomic mass is 16.7. The molecule has 1 saturated heterocycles. The standard InChI is InChI=1S/C34H38N2O13/c1-43-19-11-10-18-24-21(12-15-6-4-3-5-7-15)46-20-13-16(8-9-17(20)28(24)48-29(18)30(19)44-2)45-34-27(42)25(40)26(41)31(49-34)32(33(35)36)47-23(39)14-22(37)38/h3-11,13,21,24-28,31-34,40-42H,12,14,35-36H2,1-2H3,(H,37,38)/t21-,24-,25+,26+,27-,28+,31+,32+,34-/m1/s1. The molecule has 8 N–H and O–H groups in total. The number of benzene rings is 3. The molecule has 0 unspecified atom stereocenters. The molecule has 0 bridgehead atoms. The van der Waals surface area contributed by atoms with Gasteiger partial charge in [0, 0.05) is 23.6 Å². The molecule has 1 fully saturated rings. The van der Waals surface area contributed by atoms with Gasteiger partial charge in [-0.2, -0.15) is 0 Å². The number of aliphatic carboxylic acids is 1. The number of fused-ring (bicyclic) bond motifs is 5. The van der Waals surface area contributed by atoms with Crippen LogP contribution in [-0.4, -0.2) is 95.7 Å². The minimum atomic E-state index is -1.84. The molecule has 0 aliphatic carbocycles. The van der Waals surface area contributed by atoms with E-state index in [-0.39, 0.29) is 17.8 Å². The summed E-state index contributed by atoms with van der Waals surface area (Å²) in [7, 11) is 3.10. The second kappa shape index (κ2) is 14.1. The van der Waals surface area contributed by atoms with E-state index in [0.29, 0.717) is 29.4 Å². The summed E-state index contributed by atoms with van der Waals surface area (Å²) in [6, 6.07) is 18.6. The molecule has 0 amide bonds. The van der Waals surface area contributed by atoms with Crippen molar-refractivity contribution in [3.8, 4) is 28.7 Å². The van der Waals surface area contributed by atoms with Crippen molar-refractivity contribution in [2.24, 2.45) is 11.5 Å². The van der Waals surface area contributed by atoms with Crippen LogP contribution in [0.15, 0.2) is 60.7 Å². The average Bonchev–Trinajstić information content (AvgIpc) is 3.47. The van der Waals surface area contributed by atoms with Crippen LogP contribution in [0.5, 0.6) is 28.7 Å². The summed E-state index contributed by atoms with van der Waals surface area (Å²) < 4.78 is 41.2. The van der Waals surface area contributed by atoms with E-state index in [1.54, 1.807) is 32.4 Å². The minimum absolute atomic E-state index is 0.160. The maximum absolute atomic E-state index is 12.1. The van der Waals surface area contributed by atoms with Gasteiger partial charge in [0.15, 0.2) is 17.6 Å².